The van der Waals surface area contributed by atoms with E-state index in [1.54, 1.807) is 7.05 Å². The lowest BCUT2D eigenvalue weighted by Gasteiger charge is -2.54. The molecule has 3 N–H and O–H groups in total. The molecule has 0 bridgehead atoms. The van der Waals surface area contributed by atoms with Gasteiger partial charge in [-0.3, -0.25) is 4.99 Å². The van der Waals surface area contributed by atoms with E-state index in [4.69, 9.17) is 9.47 Å². The van der Waals surface area contributed by atoms with Gasteiger partial charge in [0.25, 0.3) is 0 Å². The minimum absolute atomic E-state index is 0. The molecular formula is C18H33IN4O3. The smallest absolute Gasteiger partial charge is 0.407 e. The van der Waals surface area contributed by atoms with E-state index in [0.29, 0.717) is 37.1 Å². The third-order valence-corrected chi connectivity index (χ3v) is 5.88. The average Bonchev–Trinajstić information content (AvgIpc) is 3.32. The number of hydrogen-bond acceptors (Lipinski definition) is 4. The van der Waals surface area contributed by atoms with Crippen LogP contribution in [0.3, 0.4) is 0 Å². The lowest BCUT2D eigenvalue weighted by molar-refractivity contribution is -0.106. The number of rotatable bonds is 6. The normalized spacial score (nSPS) is 30.3. The summed E-state index contributed by atoms with van der Waals surface area (Å²) in [6, 6.07) is 0.443. The fourth-order valence-electron chi connectivity index (χ4n) is 4.32. The number of carbonyl (C=O) groups is 1. The number of nitrogens with zero attached hydrogens (tertiary/aromatic N) is 1. The Balaban J connectivity index is 0.00000243. The molecule has 3 aliphatic rings. The number of guanidine groups is 1. The van der Waals surface area contributed by atoms with Crippen molar-refractivity contribution >= 4 is 36.0 Å². The highest BCUT2D eigenvalue weighted by atomic mass is 127. The largest absolute Gasteiger partial charge is 0.450 e. The molecular weight excluding hydrogens is 447 g/mol. The molecule has 4 atom stereocenters. The van der Waals surface area contributed by atoms with Crippen molar-refractivity contribution in [2.45, 2.75) is 58.2 Å². The molecule has 1 saturated heterocycles. The first-order chi connectivity index (χ1) is 12.0. The lowest BCUT2D eigenvalue weighted by Crippen LogP contribution is -2.68. The number of hydrogen-bond donors (Lipinski definition) is 3. The van der Waals surface area contributed by atoms with E-state index >= 15 is 0 Å². The molecule has 4 unspecified atom stereocenters. The molecule has 0 aromatic rings. The molecule has 0 radical (unpaired) electrons. The van der Waals surface area contributed by atoms with Crippen LogP contribution in [-0.2, 0) is 9.47 Å². The molecule has 3 fully saturated rings. The fourth-order valence-corrected chi connectivity index (χ4v) is 4.32. The average molecular weight is 480 g/mol. The van der Waals surface area contributed by atoms with Crippen LogP contribution in [0.2, 0.25) is 0 Å². The van der Waals surface area contributed by atoms with Crippen molar-refractivity contribution < 1.29 is 14.3 Å². The van der Waals surface area contributed by atoms with Crippen LogP contribution in [-0.4, -0.2) is 57.0 Å². The summed E-state index contributed by atoms with van der Waals surface area (Å²) in [5.74, 6) is 1.88. The minimum Gasteiger partial charge on any atom is -0.450 e. The molecule has 0 aromatic carbocycles. The van der Waals surface area contributed by atoms with E-state index in [9.17, 15) is 4.79 Å². The first-order valence-corrected chi connectivity index (χ1v) is 9.49. The molecule has 1 heterocycles. The standard InChI is InChI=1S/C18H32N4O3.HI/c1-5-24-17(23)21-13(11-6-7-11)10-20-16(19-4)22-14-12-8-9-25-15(12)18(14,2)3;/h11-15H,5-10H2,1-4H3,(H,21,23)(H2,19,20,22);1H. The van der Waals surface area contributed by atoms with Gasteiger partial charge in [-0.1, -0.05) is 13.8 Å². The molecule has 3 rings (SSSR count). The van der Waals surface area contributed by atoms with E-state index < -0.39 is 0 Å². The highest BCUT2D eigenvalue weighted by Crippen LogP contribution is 2.52. The van der Waals surface area contributed by atoms with Crippen molar-refractivity contribution in [1.29, 1.82) is 0 Å². The van der Waals surface area contributed by atoms with Gasteiger partial charge in [0.15, 0.2) is 5.96 Å². The molecule has 0 spiro atoms. The van der Waals surface area contributed by atoms with Gasteiger partial charge in [-0.2, -0.15) is 0 Å². The van der Waals surface area contributed by atoms with Gasteiger partial charge >= 0.3 is 6.09 Å². The highest BCUT2D eigenvalue weighted by molar-refractivity contribution is 14.0. The first kappa shape index (κ1) is 21.5. The van der Waals surface area contributed by atoms with Crippen molar-refractivity contribution in [3.8, 4) is 0 Å². The summed E-state index contributed by atoms with van der Waals surface area (Å²) in [6.45, 7) is 8.22. The second-order valence-electron chi connectivity index (χ2n) is 7.95. The number of nitrogens with one attached hydrogen (secondary N) is 3. The summed E-state index contributed by atoms with van der Waals surface area (Å²) in [4.78, 5) is 16.1. The summed E-state index contributed by atoms with van der Waals surface area (Å²) in [6.07, 6.45) is 3.43. The van der Waals surface area contributed by atoms with E-state index in [0.717, 1.165) is 31.8 Å². The van der Waals surface area contributed by atoms with Gasteiger partial charge < -0.3 is 25.4 Å². The Morgan fingerprint density at radius 3 is 2.69 bits per heavy atom. The van der Waals surface area contributed by atoms with Crippen LogP contribution >= 0.6 is 24.0 Å². The molecule has 2 saturated carbocycles. The number of ether oxygens (including phenoxy) is 2. The molecule has 0 aromatic heterocycles. The third-order valence-electron chi connectivity index (χ3n) is 5.88. The minimum atomic E-state index is -0.338. The van der Waals surface area contributed by atoms with Crippen molar-refractivity contribution in [2.75, 3.05) is 26.8 Å². The molecule has 1 aliphatic heterocycles. The molecule has 150 valence electrons. The number of fused-ring (bicyclic) bond motifs is 1. The quantitative estimate of drug-likeness (QED) is 0.308. The van der Waals surface area contributed by atoms with Crippen molar-refractivity contribution in [3.05, 3.63) is 0 Å². The van der Waals surface area contributed by atoms with Crippen LogP contribution in [0.15, 0.2) is 4.99 Å². The molecule has 26 heavy (non-hydrogen) atoms. The van der Waals surface area contributed by atoms with Crippen LogP contribution in [0.1, 0.15) is 40.0 Å². The first-order valence-electron chi connectivity index (χ1n) is 9.49. The predicted octanol–water partition coefficient (Wildman–Crippen LogP) is 2.11. The molecule has 2 aliphatic carbocycles. The van der Waals surface area contributed by atoms with Gasteiger partial charge in [0.05, 0.1) is 18.8 Å². The number of carbonyl (C=O) groups excluding carboxylic acids is 1. The molecule has 7 nitrogen and oxygen atoms in total. The maximum atomic E-state index is 11.7. The topological polar surface area (TPSA) is 84.0 Å². The second kappa shape index (κ2) is 8.95. The number of alkyl carbamates (subject to hydrolysis) is 1. The second-order valence-corrected chi connectivity index (χ2v) is 7.95. The van der Waals surface area contributed by atoms with Gasteiger partial charge in [-0.25, -0.2) is 4.79 Å². The summed E-state index contributed by atoms with van der Waals surface area (Å²) in [5.41, 5.74) is 0.109. The van der Waals surface area contributed by atoms with Crippen LogP contribution in [0.5, 0.6) is 0 Å². The SMILES string of the molecule is CCOC(=O)NC(CNC(=NC)NC1C2CCOC2C1(C)C)C1CC1.I. The van der Waals surface area contributed by atoms with Crippen molar-refractivity contribution in [1.82, 2.24) is 16.0 Å². The number of aliphatic imine (C=N–C) groups is 1. The Hall–Kier alpha value is -0.770. The number of halogens is 1. The zero-order chi connectivity index (χ0) is 18.0. The Labute approximate surface area is 173 Å². The van der Waals surface area contributed by atoms with Gasteiger partial charge in [0.1, 0.15) is 0 Å². The van der Waals surface area contributed by atoms with Crippen molar-refractivity contribution in [2.24, 2.45) is 22.2 Å². The van der Waals surface area contributed by atoms with E-state index in [1.807, 2.05) is 6.92 Å². The highest BCUT2D eigenvalue weighted by Gasteiger charge is 2.59. The maximum Gasteiger partial charge on any atom is 0.407 e. The van der Waals surface area contributed by atoms with Crippen LogP contribution in [0, 0.1) is 17.3 Å². The predicted molar refractivity (Wildman–Crippen MR) is 112 cm³/mol. The maximum absolute atomic E-state index is 11.7. The molecule has 8 heteroatoms. The molecule has 1 amide bonds. The third kappa shape index (κ3) is 4.55. The van der Waals surface area contributed by atoms with Crippen LogP contribution < -0.4 is 16.0 Å². The van der Waals surface area contributed by atoms with Gasteiger partial charge in [-0.15, -0.1) is 24.0 Å². The van der Waals surface area contributed by atoms with Gasteiger partial charge in [0.2, 0.25) is 0 Å². The van der Waals surface area contributed by atoms with Gasteiger partial charge in [-0.05, 0) is 32.1 Å². The van der Waals surface area contributed by atoms with Crippen LogP contribution in [0.4, 0.5) is 4.79 Å². The lowest BCUT2D eigenvalue weighted by atomic mass is 9.57. The zero-order valence-electron chi connectivity index (χ0n) is 16.2. The van der Waals surface area contributed by atoms with Crippen molar-refractivity contribution in [3.63, 3.8) is 0 Å². The summed E-state index contributed by atoms with van der Waals surface area (Å²) in [5, 5.41) is 9.92. The Kier molecular flexibility index (Phi) is 7.41. The van der Waals surface area contributed by atoms with E-state index in [2.05, 4.69) is 34.8 Å². The Morgan fingerprint density at radius 1 is 1.35 bits per heavy atom. The van der Waals surface area contributed by atoms with Crippen LogP contribution in [0.25, 0.3) is 0 Å². The van der Waals surface area contributed by atoms with Gasteiger partial charge in [0, 0.05) is 37.6 Å². The summed E-state index contributed by atoms with van der Waals surface area (Å²) >= 11 is 0. The zero-order valence-corrected chi connectivity index (χ0v) is 18.5. The fraction of sp³-hybridized carbons (Fsp3) is 0.889. The number of amides is 1. The monoisotopic (exact) mass is 480 g/mol. The summed E-state index contributed by atoms with van der Waals surface area (Å²) in [7, 11) is 1.79. The Morgan fingerprint density at radius 2 is 2.08 bits per heavy atom. The summed E-state index contributed by atoms with van der Waals surface area (Å²) < 4.78 is 10.9. The Bertz CT molecular complexity index is 525. The van der Waals surface area contributed by atoms with E-state index in [-0.39, 0.29) is 41.5 Å². The van der Waals surface area contributed by atoms with E-state index in [1.165, 1.54) is 0 Å².